The third kappa shape index (κ3) is 5.82. The van der Waals surface area contributed by atoms with Crippen LogP contribution in [-0.2, 0) is 0 Å². The van der Waals surface area contributed by atoms with Gasteiger partial charge in [0.15, 0.2) is 0 Å². The lowest BCUT2D eigenvalue weighted by Crippen LogP contribution is -2.15. The fourth-order valence-corrected chi connectivity index (χ4v) is 4.19. The maximum Gasteiger partial charge on any atom is 0.119 e. The molecule has 1 heterocycles. The molecule has 3 rings (SSSR count). The van der Waals surface area contributed by atoms with E-state index in [1.54, 1.807) is 0 Å². The van der Waals surface area contributed by atoms with E-state index in [4.69, 9.17) is 9.72 Å². The Morgan fingerprint density at radius 1 is 1.04 bits per heavy atom. The Morgan fingerprint density at radius 3 is 2.56 bits per heavy atom. The molecule has 1 unspecified atom stereocenters. The highest BCUT2D eigenvalue weighted by molar-refractivity contribution is 5.64. The van der Waals surface area contributed by atoms with Gasteiger partial charge in [0.2, 0.25) is 0 Å². The van der Waals surface area contributed by atoms with E-state index in [1.165, 1.54) is 68.9 Å². The normalized spacial score (nSPS) is 16.2. The predicted octanol–water partition coefficient (Wildman–Crippen LogP) is 7.39. The number of aromatic nitrogens is 1. The Balaban J connectivity index is 1.64. The second-order valence-electron chi connectivity index (χ2n) is 8.18. The van der Waals surface area contributed by atoms with Gasteiger partial charge in [0.05, 0.1) is 12.3 Å². The van der Waals surface area contributed by atoms with Gasteiger partial charge < -0.3 is 4.74 Å². The minimum atomic E-state index is 0.544. The van der Waals surface area contributed by atoms with E-state index in [-0.39, 0.29) is 0 Å². The number of nitrogens with zero attached hydrogens (tertiary/aromatic N) is 1. The quantitative estimate of drug-likeness (QED) is 0.432. The van der Waals surface area contributed by atoms with Crippen LogP contribution in [0, 0.1) is 5.92 Å². The molecule has 146 valence electrons. The second-order valence-corrected chi connectivity index (χ2v) is 8.18. The van der Waals surface area contributed by atoms with Crippen LogP contribution in [0.3, 0.4) is 0 Å². The Labute approximate surface area is 165 Å². The number of hydrogen-bond acceptors (Lipinski definition) is 2. The minimum Gasteiger partial charge on any atom is -0.493 e. The number of rotatable bonds is 9. The molecule has 1 aromatic heterocycles. The van der Waals surface area contributed by atoms with Gasteiger partial charge in [-0.05, 0) is 67.0 Å². The highest BCUT2D eigenvalue weighted by atomic mass is 16.5. The van der Waals surface area contributed by atoms with E-state index < -0.39 is 0 Å². The number of hydrogen-bond donors (Lipinski definition) is 0. The van der Waals surface area contributed by atoms with Crippen LogP contribution in [0.15, 0.2) is 42.6 Å². The third-order valence-corrected chi connectivity index (χ3v) is 5.95. The molecule has 2 heteroatoms. The zero-order valence-corrected chi connectivity index (χ0v) is 17.1. The first-order valence-electron chi connectivity index (χ1n) is 11.0. The minimum absolute atomic E-state index is 0.544. The zero-order valence-electron chi connectivity index (χ0n) is 17.1. The molecule has 1 aliphatic rings. The van der Waals surface area contributed by atoms with Crippen LogP contribution in [0.25, 0.3) is 11.3 Å². The predicted molar refractivity (Wildman–Crippen MR) is 114 cm³/mol. The molecule has 1 atom stereocenters. The summed E-state index contributed by atoms with van der Waals surface area (Å²) in [5.74, 6) is 2.27. The van der Waals surface area contributed by atoms with Crippen LogP contribution >= 0.6 is 0 Å². The van der Waals surface area contributed by atoms with Crippen molar-refractivity contribution in [2.75, 3.05) is 6.61 Å². The van der Waals surface area contributed by atoms with E-state index in [1.807, 2.05) is 6.20 Å². The van der Waals surface area contributed by atoms with Gasteiger partial charge in [0, 0.05) is 11.8 Å². The molecule has 0 N–H and O–H groups in total. The van der Waals surface area contributed by atoms with Gasteiger partial charge >= 0.3 is 0 Å². The van der Waals surface area contributed by atoms with Crippen LogP contribution in [-0.4, -0.2) is 11.6 Å². The average molecular weight is 366 g/mol. The summed E-state index contributed by atoms with van der Waals surface area (Å²) in [6.07, 6.45) is 13.8. The maximum atomic E-state index is 6.06. The van der Waals surface area contributed by atoms with Crippen molar-refractivity contribution in [2.45, 2.75) is 77.6 Å². The fourth-order valence-electron chi connectivity index (χ4n) is 4.19. The summed E-state index contributed by atoms with van der Waals surface area (Å²) in [6.45, 7) is 5.46. The molecule has 27 heavy (non-hydrogen) atoms. The third-order valence-electron chi connectivity index (χ3n) is 5.95. The summed E-state index contributed by atoms with van der Waals surface area (Å²) < 4.78 is 6.06. The summed E-state index contributed by atoms with van der Waals surface area (Å²) in [6, 6.07) is 12.9. The number of ether oxygens (including phenoxy) is 1. The molecule has 1 saturated carbocycles. The average Bonchev–Trinajstić information content (AvgIpc) is 2.73. The lowest BCUT2D eigenvalue weighted by atomic mass is 9.90. The summed E-state index contributed by atoms with van der Waals surface area (Å²) in [5, 5.41) is 0. The Morgan fingerprint density at radius 2 is 1.81 bits per heavy atom. The summed E-state index contributed by atoms with van der Waals surface area (Å²) >= 11 is 0. The molecule has 0 spiro atoms. The first kappa shape index (κ1) is 19.9. The summed E-state index contributed by atoms with van der Waals surface area (Å²) in [7, 11) is 0. The molecule has 2 aromatic rings. The van der Waals surface area contributed by atoms with Gasteiger partial charge in [-0.1, -0.05) is 58.4 Å². The van der Waals surface area contributed by atoms with Gasteiger partial charge in [0.25, 0.3) is 0 Å². The molecule has 1 aromatic carbocycles. The van der Waals surface area contributed by atoms with Crippen LogP contribution < -0.4 is 4.74 Å². The van der Waals surface area contributed by atoms with Crippen molar-refractivity contribution in [3.05, 3.63) is 48.2 Å². The largest absolute Gasteiger partial charge is 0.493 e. The van der Waals surface area contributed by atoms with Gasteiger partial charge in [-0.15, -0.1) is 0 Å². The number of benzene rings is 1. The van der Waals surface area contributed by atoms with E-state index in [9.17, 15) is 0 Å². The fraction of sp³-hybridized carbons (Fsp3) is 0.560. The molecule has 0 amide bonds. The van der Waals surface area contributed by atoms with Gasteiger partial charge in [0.1, 0.15) is 5.75 Å². The van der Waals surface area contributed by atoms with Crippen molar-refractivity contribution in [1.29, 1.82) is 0 Å². The lowest BCUT2D eigenvalue weighted by molar-refractivity contribution is 0.209. The van der Waals surface area contributed by atoms with Crippen molar-refractivity contribution in [2.24, 2.45) is 5.92 Å². The van der Waals surface area contributed by atoms with Gasteiger partial charge in [-0.25, -0.2) is 0 Å². The monoisotopic (exact) mass is 365 g/mol. The van der Waals surface area contributed by atoms with Crippen LogP contribution in [0.5, 0.6) is 5.75 Å². The van der Waals surface area contributed by atoms with E-state index >= 15 is 0 Å². The van der Waals surface area contributed by atoms with Crippen molar-refractivity contribution in [3.8, 4) is 17.0 Å². The molecular weight excluding hydrogens is 330 g/mol. The highest BCUT2D eigenvalue weighted by Crippen LogP contribution is 2.31. The van der Waals surface area contributed by atoms with Crippen molar-refractivity contribution in [1.82, 2.24) is 4.98 Å². The Hall–Kier alpha value is -1.83. The molecule has 1 aliphatic carbocycles. The van der Waals surface area contributed by atoms with E-state index in [2.05, 4.69) is 50.2 Å². The second kappa shape index (κ2) is 10.5. The topological polar surface area (TPSA) is 22.1 Å². The van der Waals surface area contributed by atoms with Crippen LogP contribution in [0.1, 0.15) is 83.1 Å². The zero-order chi connectivity index (χ0) is 18.9. The van der Waals surface area contributed by atoms with E-state index in [0.717, 1.165) is 24.0 Å². The Bertz CT molecular complexity index is 673. The lowest BCUT2D eigenvalue weighted by Gasteiger charge is -2.21. The molecule has 0 radical (unpaired) electrons. The van der Waals surface area contributed by atoms with Crippen LogP contribution in [0.2, 0.25) is 0 Å². The number of unbranched alkanes of at least 4 members (excludes halogenated alkanes) is 2. The molecular formula is C25H35NO. The molecule has 1 fully saturated rings. The first-order chi connectivity index (χ1) is 13.3. The van der Waals surface area contributed by atoms with E-state index in [0.29, 0.717) is 5.92 Å². The molecule has 0 bridgehead atoms. The number of pyridine rings is 1. The first-order valence-corrected chi connectivity index (χ1v) is 11.0. The van der Waals surface area contributed by atoms with Crippen molar-refractivity contribution < 1.29 is 4.74 Å². The smallest absolute Gasteiger partial charge is 0.119 e. The standard InChI is InChI=1S/C25H35NO/c1-3-4-6-10-20(2)24-13-9-18-26-25(24)22-14-16-23(17-15-22)27-19-21-11-7-5-8-12-21/h9,13-18,20-21H,3-8,10-12,19H2,1-2H3. The summed E-state index contributed by atoms with van der Waals surface area (Å²) in [5.41, 5.74) is 3.68. The van der Waals surface area contributed by atoms with Crippen LogP contribution in [0.4, 0.5) is 0 Å². The van der Waals surface area contributed by atoms with Crippen molar-refractivity contribution in [3.63, 3.8) is 0 Å². The highest BCUT2D eigenvalue weighted by Gasteiger charge is 2.15. The maximum absolute atomic E-state index is 6.06. The summed E-state index contributed by atoms with van der Waals surface area (Å²) in [4.78, 5) is 4.71. The van der Waals surface area contributed by atoms with Crippen molar-refractivity contribution >= 4 is 0 Å². The SMILES string of the molecule is CCCCCC(C)c1cccnc1-c1ccc(OCC2CCCCC2)cc1. The Kier molecular flexibility index (Phi) is 7.74. The van der Waals surface area contributed by atoms with Gasteiger partial charge in [-0.2, -0.15) is 0 Å². The van der Waals surface area contributed by atoms with Gasteiger partial charge in [-0.3, -0.25) is 4.98 Å². The molecule has 0 saturated heterocycles. The molecule has 0 aliphatic heterocycles. The molecule has 2 nitrogen and oxygen atoms in total.